The molecule has 0 atom stereocenters. The molecule has 3 aromatic rings. The molecule has 0 aliphatic carbocycles. The van der Waals surface area contributed by atoms with Crippen LogP contribution in [-0.2, 0) is 6.42 Å². The first kappa shape index (κ1) is 18.3. The summed E-state index contributed by atoms with van der Waals surface area (Å²) in [6, 6.07) is 15.1. The Kier molecular flexibility index (Phi) is 5.94. The molecule has 0 aliphatic rings. The average molecular weight is 363 g/mol. The van der Waals surface area contributed by atoms with Crippen molar-refractivity contribution >= 4 is 23.2 Å². The molecule has 0 spiro atoms. The van der Waals surface area contributed by atoms with E-state index >= 15 is 0 Å². The third-order valence-electron chi connectivity index (χ3n) is 3.96. The number of aromatic nitrogens is 3. The highest BCUT2D eigenvalue weighted by atomic mass is 16.5. The third kappa shape index (κ3) is 5.24. The van der Waals surface area contributed by atoms with Crippen molar-refractivity contribution in [2.24, 2.45) is 0 Å². The predicted molar refractivity (Wildman–Crippen MR) is 105 cm³/mol. The molecule has 7 heteroatoms. The highest BCUT2D eigenvalue weighted by Gasteiger charge is 2.04. The highest BCUT2D eigenvalue weighted by Crippen LogP contribution is 2.16. The second kappa shape index (κ2) is 8.75. The lowest BCUT2D eigenvalue weighted by Gasteiger charge is -2.08. The summed E-state index contributed by atoms with van der Waals surface area (Å²) in [4.78, 5) is 15.9. The van der Waals surface area contributed by atoms with Gasteiger partial charge in [0.15, 0.2) is 11.6 Å². The number of hydrogen-bond acceptors (Lipinski definition) is 7. The van der Waals surface area contributed by atoms with Crippen LogP contribution in [0.2, 0.25) is 0 Å². The summed E-state index contributed by atoms with van der Waals surface area (Å²) in [5.41, 5.74) is 2.56. The van der Waals surface area contributed by atoms with Gasteiger partial charge in [0.25, 0.3) is 0 Å². The summed E-state index contributed by atoms with van der Waals surface area (Å²) >= 11 is 0. The van der Waals surface area contributed by atoms with Crippen LogP contribution >= 0.6 is 0 Å². The first-order valence-corrected chi connectivity index (χ1v) is 8.58. The van der Waals surface area contributed by atoms with E-state index in [0.29, 0.717) is 23.9 Å². The molecule has 27 heavy (non-hydrogen) atoms. The van der Waals surface area contributed by atoms with Gasteiger partial charge in [-0.2, -0.15) is 10.1 Å². The van der Waals surface area contributed by atoms with Gasteiger partial charge in [-0.1, -0.05) is 24.3 Å². The molecule has 0 aliphatic heterocycles. The fraction of sp³-hybridized carbons (Fsp3) is 0.200. The highest BCUT2D eigenvalue weighted by molar-refractivity contribution is 5.95. The van der Waals surface area contributed by atoms with Gasteiger partial charge in [0.05, 0.1) is 13.3 Å². The molecule has 7 nitrogen and oxygen atoms in total. The summed E-state index contributed by atoms with van der Waals surface area (Å²) in [6.45, 7) is 2.24. The number of nitrogens with one attached hydrogen (secondary N) is 2. The van der Waals surface area contributed by atoms with E-state index in [9.17, 15) is 4.79 Å². The number of carbonyl (C=O) groups excluding carboxylic acids is 1. The van der Waals surface area contributed by atoms with Crippen LogP contribution in [-0.4, -0.2) is 34.6 Å². The maximum Gasteiger partial charge on any atom is 0.249 e. The number of rotatable bonds is 8. The van der Waals surface area contributed by atoms with Crippen LogP contribution in [0.4, 0.5) is 17.5 Å². The van der Waals surface area contributed by atoms with Gasteiger partial charge < -0.3 is 15.4 Å². The van der Waals surface area contributed by atoms with Crippen LogP contribution in [0.5, 0.6) is 5.75 Å². The molecule has 3 rings (SSSR count). The normalized spacial score (nSPS) is 10.3. The number of nitrogens with zero attached hydrogens (tertiary/aromatic N) is 3. The van der Waals surface area contributed by atoms with Crippen LogP contribution in [0.3, 0.4) is 0 Å². The van der Waals surface area contributed by atoms with Crippen molar-refractivity contribution in [2.75, 3.05) is 24.3 Å². The number of Topliss-reactive ketones (excluding diaryl/α,β-unsaturated/α-hetero) is 1. The van der Waals surface area contributed by atoms with Crippen molar-refractivity contribution in [2.45, 2.75) is 13.3 Å². The largest absolute Gasteiger partial charge is 0.497 e. The summed E-state index contributed by atoms with van der Waals surface area (Å²) in [5, 5.41) is 14.3. The smallest absolute Gasteiger partial charge is 0.249 e. The summed E-state index contributed by atoms with van der Waals surface area (Å²) in [6.07, 6.45) is 2.42. The van der Waals surface area contributed by atoms with Gasteiger partial charge in [-0.25, -0.2) is 0 Å². The van der Waals surface area contributed by atoms with E-state index in [2.05, 4.69) is 25.8 Å². The lowest BCUT2D eigenvalue weighted by atomic mass is 10.1. The van der Waals surface area contributed by atoms with Crippen molar-refractivity contribution in [3.8, 4) is 5.75 Å². The molecule has 0 unspecified atom stereocenters. The number of ether oxygens (including phenoxy) is 1. The lowest BCUT2D eigenvalue weighted by molar-refractivity contribution is 0.101. The minimum absolute atomic E-state index is 0.00615. The molecule has 2 aromatic carbocycles. The minimum Gasteiger partial charge on any atom is -0.497 e. The van der Waals surface area contributed by atoms with Gasteiger partial charge in [-0.3, -0.25) is 4.79 Å². The summed E-state index contributed by atoms with van der Waals surface area (Å²) in [5.74, 6) is 1.84. The number of ketones is 1. The number of carbonyl (C=O) groups is 1. The van der Waals surface area contributed by atoms with E-state index in [4.69, 9.17) is 4.74 Å². The van der Waals surface area contributed by atoms with Crippen molar-refractivity contribution in [1.82, 2.24) is 15.2 Å². The molecular weight excluding hydrogens is 342 g/mol. The fourth-order valence-corrected chi connectivity index (χ4v) is 2.51. The number of benzene rings is 2. The predicted octanol–water partition coefficient (Wildman–Crippen LogP) is 3.48. The fourth-order valence-electron chi connectivity index (χ4n) is 2.51. The molecule has 2 N–H and O–H groups in total. The van der Waals surface area contributed by atoms with E-state index in [1.54, 1.807) is 25.4 Å². The monoisotopic (exact) mass is 363 g/mol. The van der Waals surface area contributed by atoms with E-state index in [-0.39, 0.29) is 5.78 Å². The maximum atomic E-state index is 11.5. The van der Waals surface area contributed by atoms with Gasteiger partial charge in [0, 0.05) is 17.8 Å². The molecule has 0 saturated carbocycles. The van der Waals surface area contributed by atoms with Crippen LogP contribution in [0.15, 0.2) is 54.7 Å². The Balaban J connectivity index is 1.58. The Labute approximate surface area is 157 Å². The molecular formula is C20H21N5O2. The Morgan fingerprint density at radius 1 is 1.15 bits per heavy atom. The molecule has 1 aromatic heterocycles. The second-order valence-electron chi connectivity index (χ2n) is 5.95. The van der Waals surface area contributed by atoms with E-state index < -0.39 is 0 Å². The third-order valence-corrected chi connectivity index (χ3v) is 3.96. The first-order valence-electron chi connectivity index (χ1n) is 8.58. The molecule has 1 heterocycles. The number of hydrogen-bond donors (Lipinski definition) is 2. The number of anilines is 3. The zero-order valence-corrected chi connectivity index (χ0v) is 15.3. The molecule has 0 saturated heterocycles. The molecule has 0 fully saturated rings. The van der Waals surface area contributed by atoms with E-state index in [1.807, 2.05) is 36.4 Å². The number of methoxy groups -OCH3 is 1. The zero-order valence-electron chi connectivity index (χ0n) is 15.3. The van der Waals surface area contributed by atoms with Crippen LogP contribution in [0.1, 0.15) is 22.8 Å². The van der Waals surface area contributed by atoms with Crippen molar-refractivity contribution in [1.29, 1.82) is 0 Å². The maximum absolute atomic E-state index is 11.5. The van der Waals surface area contributed by atoms with Gasteiger partial charge >= 0.3 is 0 Å². The average Bonchev–Trinajstić information content (AvgIpc) is 2.69. The molecule has 0 radical (unpaired) electrons. The Hall–Kier alpha value is -3.48. The summed E-state index contributed by atoms with van der Waals surface area (Å²) < 4.78 is 5.16. The topological polar surface area (TPSA) is 89.0 Å². The van der Waals surface area contributed by atoms with Crippen LogP contribution < -0.4 is 15.4 Å². The minimum atomic E-state index is 0.00615. The van der Waals surface area contributed by atoms with Crippen LogP contribution in [0, 0.1) is 0 Å². The van der Waals surface area contributed by atoms with Gasteiger partial charge in [0.2, 0.25) is 5.95 Å². The quantitative estimate of drug-likeness (QED) is 0.592. The van der Waals surface area contributed by atoms with Crippen molar-refractivity contribution in [3.05, 3.63) is 65.9 Å². The first-order chi connectivity index (χ1) is 13.1. The zero-order chi connectivity index (χ0) is 19.1. The molecule has 0 amide bonds. The Bertz CT molecular complexity index is 912. The standard InChI is InChI=1S/C20H21N5O2/c1-14(26)16-4-3-5-17(12-16)23-20-24-19(13-22-25-20)21-11-10-15-6-8-18(27-2)9-7-15/h3-9,12-13H,10-11H2,1-2H3,(H2,21,23,24,25). The lowest BCUT2D eigenvalue weighted by Crippen LogP contribution is -2.09. The SMILES string of the molecule is COc1ccc(CCNc2cnnc(Nc3cccc(C(C)=O)c3)n2)cc1. The van der Waals surface area contributed by atoms with Gasteiger partial charge in [-0.05, 0) is 43.2 Å². The molecule has 138 valence electrons. The van der Waals surface area contributed by atoms with Gasteiger partial charge in [0.1, 0.15) is 5.75 Å². The summed E-state index contributed by atoms with van der Waals surface area (Å²) in [7, 11) is 1.65. The molecule has 0 bridgehead atoms. The van der Waals surface area contributed by atoms with E-state index in [1.165, 1.54) is 12.5 Å². The van der Waals surface area contributed by atoms with Gasteiger partial charge in [-0.15, -0.1) is 5.10 Å². The second-order valence-corrected chi connectivity index (χ2v) is 5.95. The van der Waals surface area contributed by atoms with Crippen molar-refractivity contribution < 1.29 is 9.53 Å². The van der Waals surface area contributed by atoms with Crippen molar-refractivity contribution in [3.63, 3.8) is 0 Å². The Morgan fingerprint density at radius 2 is 1.96 bits per heavy atom. The van der Waals surface area contributed by atoms with Crippen LogP contribution in [0.25, 0.3) is 0 Å². The Morgan fingerprint density at radius 3 is 2.70 bits per heavy atom. The van der Waals surface area contributed by atoms with E-state index in [0.717, 1.165) is 17.9 Å².